The van der Waals surface area contributed by atoms with E-state index >= 15 is 0 Å². The number of aryl methyl sites for hydroxylation is 1. The second-order valence-corrected chi connectivity index (χ2v) is 7.79. The summed E-state index contributed by atoms with van der Waals surface area (Å²) in [5.41, 5.74) is 6.13. The Bertz CT molecular complexity index is 759. The highest BCUT2D eigenvalue weighted by Crippen LogP contribution is 2.29. The summed E-state index contributed by atoms with van der Waals surface area (Å²) in [4.78, 5) is -0.0252. The van der Waals surface area contributed by atoms with E-state index in [0.717, 1.165) is 10.9 Å². The zero-order valence-corrected chi connectivity index (χ0v) is 15.2. The molecule has 1 aromatic carbocycles. The summed E-state index contributed by atoms with van der Waals surface area (Å²) in [6.45, 7) is 2.59. The molecule has 0 bridgehead atoms. The quantitative estimate of drug-likeness (QED) is 0.751. The van der Waals surface area contributed by atoms with Gasteiger partial charge in [0.1, 0.15) is 4.90 Å². The van der Waals surface area contributed by atoms with Crippen molar-refractivity contribution < 1.29 is 8.42 Å². The van der Waals surface area contributed by atoms with Crippen molar-refractivity contribution in [3.8, 4) is 0 Å². The van der Waals surface area contributed by atoms with Gasteiger partial charge in [-0.1, -0.05) is 22.9 Å². The maximum absolute atomic E-state index is 12.4. The summed E-state index contributed by atoms with van der Waals surface area (Å²) < 4.78 is 30.3. The lowest BCUT2D eigenvalue weighted by Gasteiger charge is -2.09. The van der Waals surface area contributed by atoms with E-state index in [1.165, 1.54) is 10.9 Å². The summed E-state index contributed by atoms with van der Waals surface area (Å²) in [7, 11) is -3.79. The number of sulfonamides is 1. The molecule has 0 fully saturated rings. The van der Waals surface area contributed by atoms with E-state index in [4.69, 9.17) is 5.73 Å². The number of aromatic nitrogens is 2. The van der Waals surface area contributed by atoms with Gasteiger partial charge in [-0.25, -0.2) is 8.42 Å². The lowest BCUT2D eigenvalue weighted by molar-refractivity contribution is 0.595. The molecule has 1 aromatic heterocycles. The first-order valence-corrected chi connectivity index (χ1v) is 9.21. The number of anilines is 2. The number of hydrogen-bond donors (Lipinski definition) is 2. The Morgan fingerprint density at radius 2 is 2.10 bits per heavy atom. The van der Waals surface area contributed by atoms with Gasteiger partial charge in [-0.2, -0.15) is 5.10 Å². The summed E-state index contributed by atoms with van der Waals surface area (Å²) in [6.07, 6.45) is 2.28. The highest BCUT2D eigenvalue weighted by atomic mass is 79.9. The van der Waals surface area contributed by atoms with E-state index in [2.05, 4.69) is 41.7 Å². The predicted octanol–water partition coefficient (Wildman–Crippen LogP) is 3.20. The van der Waals surface area contributed by atoms with Gasteiger partial charge < -0.3 is 5.73 Å². The van der Waals surface area contributed by atoms with Crippen LogP contribution in [0.2, 0.25) is 0 Å². The second-order valence-electron chi connectivity index (χ2n) is 4.37. The Hall–Kier alpha value is -1.06. The molecule has 0 radical (unpaired) electrons. The van der Waals surface area contributed by atoms with Gasteiger partial charge in [-0.3, -0.25) is 9.40 Å². The number of nitrogens with one attached hydrogen (secondary N) is 1. The molecule has 21 heavy (non-hydrogen) atoms. The number of nitrogens with zero attached hydrogens (tertiary/aromatic N) is 2. The molecule has 0 spiro atoms. The first-order chi connectivity index (χ1) is 9.83. The largest absolute Gasteiger partial charge is 0.381 e. The SMILES string of the molecule is CCCn1cc(S(=O)(=O)Nc2cc(Br)ccc2Br)c(N)n1. The molecule has 0 aliphatic heterocycles. The van der Waals surface area contributed by atoms with Crippen LogP contribution in [0.1, 0.15) is 13.3 Å². The molecule has 114 valence electrons. The standard InChI is InChI=1S/C12H14Br2N4O2S/c1-2-5-18-7-11(12(15)16-18)21(19,20)17-10-6-8(13)3-4-9(10)14/h3-4,6-7,17H,2,5H2,1H3,(H2,15,16). The van der Waals surface area contributed by atoms with Crippen LogP contribution in [0.3, 0.4) is 0 Å². The maximum atomic E-state index is 12.4. The number of benzene rings is 1. The molecule has 0 atom stereocenters. The zero-order chi connectivity index (χ0) is 15.6. The van der Waals surface area contributed by atoms with Crippen molar-refractivity contribution in [3.63, 3.8) is 0 Å². The Kier molecular flexibility index (Phi) is 4.95. The second kappa shape index (κ2) is 6.37. The van der Waals surface area contributed by atoms with Crippen LogP contribution < -0.4 is 10.5 Å². The van der Waals surface area contributed by atoms with Crippen molar-refractivity contribution in [3.05, 3.63) is 33.3 Å². The van der Waals surface area contributed by atoms with Crippen LogP contribution in [-0.4, -0.2) is 18.2 Å². The maximum Gasteiger partial charge on any atom is 0.267 e. The van der Waals surface area contributed by atoms with E-state index in [9.17, 15) is 8.42 Å². The Morgan fingerprint density at radius 1 is 1.38 bits per heavy atom. The molecule has 0 amide bonds. The molecule has 0 saturated carbocycles. The lowest BCUT2D eigenvalue weighted by Crippen LogP contribution is -2.14. The van der Waals surface area contributed by atoms with Crippen molar-refractivity contribution in [1.29, 1.82) is 0 Å². The molecule has 0 unspecified atom stereocenters. The molecule has 0 aliphatic carbocycles. The van der Waals surface area contributed by atoms with Gasteiger partial charge in [0.05, 0.1) is 5.69 Å². The smallest absolute Gasteiger partial charge is 0.267 e. The van der Waals surface area contributed by atoms with Crippen molar-refractivity contribution in [2.75, 3.05) is 10.5 Å². The molecule has 0 aliphatic rings. The summed E-state index contributed by atoms with van der Waals surface area (Å²) in [5, 5.41) is 4.00. The average molecular weight is 438 g/mol. The van der Waals surface area contributed by atoms with Crippen LogP contribution >= 0.6 is 31.9 Å². The van der Waals surface area contributed by atoms with Gasteiger partial charge in [0.25, 0.3) is 10.0 Å². The van der Waals surface area contributed by atoms with Gasteiger partial charge in [0.15, 0.2) is 5.82 Å². The van der Waals surface area contributed by atoms with Gasteiger partial charge in [0.2, 0.25) is 0 Å². The van der Waals surface area contributed by atoms with Crippen molar-refractivity contribution >= 4 is 53.4 Å². The van der Waals surface area contributed by atoms with E-state index in [-0.39, 0.29) is 10.7 Å². The molecule has 6 nitrogen and oxygen atoms in total. The Labute approximate surface area is 140 Å². The first-order valence-electron chi connectivity index (χ1n) is 6.14. The number of hydrogen-bond acceptors (Lipinski definition) is 4. The average Bonchev–Trinajstić information content (AvgIpc) is 2.76. The molecule has 9 heteroatoms. The van der Waals surface area contributed by atoms with Crippen molar-refractivity contribution in [2.24, 2.45) is 0 Å². The molecule has 1 heterocycles. The van der Waals surface area contributed by atoms with Crippen LogP contribution in [0.5, 0.6) is 0 Å². The monoisotopic (exact) mass is 436 g/mol. The topological polar surface area (TPSA) is 90.0 Å². The highest BCUT2D eigenvalue weighted by molar-refractivity contribution is 9.11. The van der Waals surface area contributed by atoms with Crippen molar-refractivity contribution in [1.82, 2.24) is 9.78 Å². The van der Waals surface area contributed by atoms with Gasteiger partial charge >= 0.3 is 0 Å². The fraction of sp³-hybridized carbons (Fsp3) is 0.250. The van der Waals surface area contributed by atoms with Crippen LogP contribution in [0.4, 0.5) is 11.5 Å². The van der Waals surface area contributed by atoms with E-state index in [1.807, 2.05) is 6.92 Å². The number of nitrogen functional groups attached to an aromatic ring is 1. The van der Waals surface area contributed by atoms with Gasteiger partial charge in [-0.05, 0) is 40.5 Å². The van der Waals surface area contributed by atoms with Crippen LogP contribution in [-0.2, 0) is 16.6 Å². The van der Waals surface area contributed by atoms with Gasteiger partial charge in [-0.15, -0.1) is 0 Å². The molecule has 3 N–H and O–H groups in total. The minimum absolute atomic E-state index is 0.0120. The molecular formula is C12H14Br2N4O2S. The highest BCUT2D eigenvalue weighted by Gasteiger charge is 2.22. The molecular weight excluding hydrogens is 424 g/mol. The molecule has 2 rings (SSSR count). The van der Waals surface area contributed by atoms with Crippen LogP contribution in [0.25, 0.3) is 0 Å². The minimum Gasteiger partial charge on any atom is -0.381 e. The molecule has 0 saturated heterocycles. The van der Waals surface area contributed by atoms with Crippen LogP contribution in [0, 0.1) is 0 Å². The third-order valence-corrected chi connectivity index (χ3v) is 5.24. The first kappa shape index (κ1) is 16.3. The zero-order valence-electron chi connectivity index (χ0n) is 11.2. The number of halogens is 2. The number of rotatable bonds is 5. The minimum atomic E-state index is -3.79. The van der Waals surface area contributed by atoms with Crippen LogP contribution in [0.15, 0.2) is 38.2 Å². The fourth-order valence-electron chi connectivity index (χ4n) is 1.74. The fourth-order valence-corrected chi connectivity index (χ4v) is 3.73. The summed E-state index contributed by atoms with van der Waals surface area (Å²) in [6, 6.07) is 5.20. The van der Waals surface area contributed by atoms with Crippen molar-refractivity contribution in [2.45, 2.75) is 24.8 Å². The number of nitrogens with two attached hydrogens (primary N) is 1. The Balaban J connectivity index is 2.36. The van der Waals surface area contributed by atoms with E-state index in [0.29, 0.717) is 16.7 Å². The third kappa shape index (κ3) is 3.78. The summed E-state index contributed by atoms with van der Waals surface area (Å²) in [5.74, 6) is -0.0120. The normalized spacial score (nSPS) is 11.6. The summed E-state index contributed by atoms with van der Waals surface area (Å²) >= 11 is 6.61. The van der Waals surface area contributed by atoms with Gasteiger partial charge in [0, 0.05) is 21.7 Å². The predicted molar refractivity (Wildman–Crippen MR) is 89.6 cm³/mol. The van der Waals surface area contributed by atoms with E-state index < -0.39 is 10.0 Å². The third-order valence-electron chi connectivity index (χ3n) is 2.67. The molecule has 2 aromatic rings. The van der Waals surface area contributed by atoms with E-state index in [1.54, 1.807) is 18.2 Å². The Morgan fingerprint density at radius 3 is 2.76 bits per heavy atom. The lowest BCUT2D eigenvalue weighted by atomic mass is 10.3.